The molecule has 1 fully saturated rings. The van der Waals surface area contributed by atoms with E-state index in [0.29, 0.717) is 0 Å². The zero-order valence-corrected chi connectivity index (χ0v) is 14.9. The second-order valence-corrected chi connectivity index (χ2v) is 7.34. The highest BCUT2D eigenvalue weighted by molar-refractivity contribution is 6.09. The van der Waals surface area contributed by atoms with Crippen LogP contribution in [0.1, 0.15) is 40.7 Å². The number of para-hydroxylation sites is 1. The number of fused-ring (bicyclic) bond motifs is 4. The van der Waals surface area contributed by atoms with E-state index in [1.54, 1.807) is 0 Å². The van der Waals surface area contributed by atoms with E-state index in [2.05, 4.69) is 30.3 Å². The summed E-state index contributed by atoms with van der Waals surface area (Å²) >= 11 is 0. The smallest absolute Gasteiger partial charge is 0.254 e. The highest BCUT2D eigenvalue weighted by Crippen LogP contribution is 2.37. The van der Waals surface area contributed by atoms with E-state index < -0.39 is 0 Å². The summed E-state index contributed by atoms with van der Waals surface area (Å²) in [6.45, 7) is 1.75. The Kier molecular flexibility index (Phi) is 3.74. The van der Waals surface area contributed by atoms with Crippen LogP contribution in [-0.2, 0) is 12.8 Å². The SMILES string of the molecule is O=C(c1c2c(nc3ccccc13)-c1ccccc1CC2)N1CCCCC1. The number of hydrogen-bond acceptors (Lipinski definition) is 2. The predicted molar refractivity (Wildman–Crippen MR) is 104 cm³/mol. The third kappa shape index (κ3) is 2.42. The number of likely N-dealkylation sites (tertiary alicyclic amines) is 1. The minimum absolute atomic E-state index is 0.193. The highest BCUT2D eigenvalue weighted by atomic mass is 16.2. The van der Waals surface area contributed by atoms with Crippen molar-refractivity contribution < 1.29 is 4.79 Å². The fraction of sp³-hybridized carbons (Fsp3) is 0.304. The van der Waals surface area contributed by atoms with Gasteiger partial charge in [0.25, 0.3) is 5.91 Å². The predicted octanol–water partition coefficient (Wildman–Crippen LogP) is 4.63. The molecule has 0 bridgehead atoms. The first-order chi connectivity index (χ1) is 12.8. The lowest BCUT2D eigenvalue weighted by molar-refractivity contribution is 0.0725. The Balaban J connectivity index is 1.76. The monoisotopic (exact) mass is 342 g/mol. The van der Waals surface area contributed by atoms with Crippen molar-refractivity contribution in [3.8, 4) is 11.3 Å². The maximum atomic E-state index is 13.5. The Morgan fingerprint density at radius 1 is 0.885 bits per heavy atom. The summed E-state index contributed by atoms with van der Waals surface area (Å²) in [5, 5.41) is 1.00. The standard InChI is InChI=1S/C23H22N2O/c26-23(25-14-6-1-7-15-25)21-18-10-4-5-11-20(18)24-22-17-9-3-2-8-16(17)12-13-19(21)22/h2-5,8-11H,1,6-7,12-15H2. The Morgan fingerprint density at radius 2 is 1.65 bits per heavy atom. The number of amides is 1. The molecule has 0 N–H and O–H groups in total. The van der Waals surface area contributed by atoms with E-state index in [1.807, 2.05) is 23.1 Å². The van der Waals surface area contributed by atoms with Gasteiger partial charge in [0.15, 0.2) is 0 Å². The van der Waals surface area contributed by atoms with Crippen molar-refractivity contribution in [1.29, 1.82) is 0 Å². The van der Waals surface area contributed by atoms with Crippen LogP contribution in [0.4, 0.5) is 0 Å². The number of hydrogen-bond donors (Lipinski definition) is 0. The van der Waals surface area contributed by atoms with Crippen LogP contribution in [-0.4, -0.2) is 28.9 Å². The van der Waals surface area contributed by atoms with Crippen LogP contribution in [0.3, 0.4) is 0 Å². The summed E-state index contributed by atoms with van der Waals surface area (Å²) < 4.78 is 0. The van der Waals surface area contributed by atoms with E-state index in [9.17, 15) is 4.79 Å². The van der Waals surface area contributed by atoms with Crippen LogP contribution in [0.2, 0.25) is 0 Å². The van der Waals surface area contributed by atoms with Gasteiger partial charge in [-0.25, -0.2) is 4.98 Å². The van der Waals surface area contributed by atoms with Gasteiger partial charge in [-0.05, 0) is 49.3 Å². The normalized spacial score (nSPS) is 16.2. The quantitative estimate of drug-likeness (QED) is 0.646. The average Bonchev–Trinajstić information content (AvgIpc) is 2.72. The first-order valence-electron chi connectivity index (χ1n) is 9.62. The van der Waals surface area contributed by atoms with Gasteiger partial charge in [-0.2, -0.15) is 0 Å². The number of carbonyl (C=O) groups excluding carboxylic acids is 1. The van der Waals surface area contributed by atoms with Crippen LogP contribution in [0, 0.1) is 0 Å². The molecule has 3 aromatic rings. The number of piperidine rings is 1. The lowest BCUT2D eigenvalue weighted by Crippen LogP contribution is -2.36. The summed E-state index contributed by atoms with van der Waals surface area (Å²) in [5.74, 6) is 0.193. The summed E-state index contributed by atoms with van der Waals surface area (Å²) in [6, 6.07) is 16.6. The zero-order valence-electron chi connectivity index (χ0n) is 14.9. The zero-order chi connectivity index (χ0) is 17.5. The molecule has 2 aromatic carbocycles. The van der Waals surface area contributed by atoms with Gasteiger partial charge >= 0.3 is 0 Å². The maximum Gasteiger partial charge on any atom is 0.254 e. The first-order valence-corrected chi connectivity index (χ1v) is 9.62. The number of pyridine rings is 1. The molecule has 1 amide bonds. The second kappa shape index (κ2) is 6.24. The van der Waals surface area contributed by atoms with Gasteiger partial charge in [-0.1, -0.05) is 42.5 Å². The summed E-state index contributed by atoms with van der Waals surface area (Å²) in [4.78, 5) is 20.5. The van der Waals surface area contributed by atoms with Gasteiger partial charge in [0.05, 0.1) is 16.8 Å². The number of aryl methyl sites for hydroxylation is 1. The largest absolute Gasteiger partial charge is 0.339 e. The molecular formula is C23H22N2O. The summed E-state index contributed by atoms with van der Waals surface area (Å²) in [7, 11) is 0. The lowest BCUT2D eigenvalue weighted by Gasteiger charge is -2.29. The fourth-order valence-electron chi connectivity index (χ4n) is 4.45. The van der Waals surface area contributed by atoms with Crippen LogP contribution in [0.25, 0.3) is 22.2 Å². The molecule has 5 rings (SSSR count). The second-order valence-electron chi connectivity index (χ2n) is 7.34. The van der Waals surface area contributed by atoms with Crippen LogP contribution >= 0.6 is 0 Å². The number of benzene rings is 2. The Bertz CT molecular complexity index is 1000. The van der Waals surface area contributed by atoms with Crippen molar-refractivity contribution in [3.05, 3.63) is 65.2 Å². The molecule has 3 nitrogen and oxygen atoms in total. The van der Waals surface area contributed by atoms with Crippen molar-refractivity contribution in [2.45, 2.75) is 32.1 Å². The van der Waals surface area contributed by atoms with E-state index in [0.717, 1.165) is 66.5 Å². The molecule has 0 saturated carbocycles. The van der Waals surface area contributed by atoms with Crippen molar-refractivity contribution in [2.75, 3.05) is 13.1 Å². The molecule has 0 atom stereocenters. The molecule has 130 valence electrons. The number of rotatable bonds is 1. The third-order valence-electron chi connectivity index (χ3n) is 5.77. The average molecular weight is 342 g/mol. The van der Waals surface area contributed by atoms with Gasteiger partial charge in [-0.3, -0.25) is 4.79 Å². The molecule has 0 unspecified atom stereocenters. The van der Waals surface area contributed by atoms with Crippen LogP contribution < -0.4 is 0 Å². The van der Waals surface area contributed by atoms with E-state index >= 15 is 0 Å². The summed E-state index contributed by atoms with van der Waals surface area (Å²) in [6.07, 6.45) is 5.31. The van der Waals surface area contributed by atoms with E-state index in [1.165, 1.54) is 17.5 Å². The Morgan fingerprint density at radius 3 is 2.54 bits per heavy atom. The molecule has 1 aromatic heterocycles. The fourth-order valence-corrected chi connectivity index (χ4v) is 4.45. The van der Waals surface area contributed by atoms with Crippen molar-refractivity contribution in [1.82, 2.24) is 9.88 Å². The van der Waals surface area contributed by atoms with Crippen molar-refractivity contribution in [2.24, 2.45) is 0 Å². The molecule has 2 aliphatic rings. The molecule has 1 aliphatic heterocycles. The Hall–Kier alpha value is -2.68. The molecule has 3 heteroatoms. The molecule has 0 spiro atoms. The molecule has 1 saturated heterocycles. The third-order valence-corrected chi connectivity index (χ3v) is 5.77. The molecule has 0 radical (unpaired) electrons. The van der Waals surface area contributed by atoms with Crippen molar-refractivity contribution in [3.63, 3.8) is 0 Å². The topological polar surface area (TPSA) is 33.2 Å². The molecular weight excluding hydrogens is 320 g/mol. The van der Waals surface area contributed by atoms with Gasteiger partial charge < -0.3 is 4.90 Å². The van der Waals surface area contributed by atoms with Gasteiger partial charge in [0, 0.05) is 24.0 Å². The molecule has 1 aliphatic carbocycles. The lowest BCUT2D eigenvalue weighted by atomic mass is 9.85. The van der Waals surface area contributed by atoms with Crippen LogP contribution in [0.5, 0.6) is 0 Å². The van der Waals surface area contributed by atoms with E-state index in [-0.39, 0.29) is 5.91 Å². The molecule has 26 heavy (non-hydrogen) atoms. The molecule has 2 heterocycles. The summed E-state index contributed by atoms with van der Waals surface area (Å²) in [5.41, 5.74) is 6.47. The van der Waals surface area contributed by atoms with Crippen LogP contribution in [0.15, 0.2) is 48.5 Å². The van der Waals surface area contributed by atoms with Gasteiger partial charge in [-0.15, -0.1) is 0 Å². The highest BCUT2D eigenvalue weighted by Gasteiger charge is 2.28. The minimum atomic E-state index is 0.193. The first kappa shape index (κ1) is 15.6. The van der Waals surface area contributed by atoms with Gasteiger partial charge in [0.2, 0.25) is 0 Å². The van der Waals surface area contributed by atoms with Crippen molar-refractivity contribution >= 4 is 16.8 Å². The Labute approximate surface area is 153 Å². The minimum Gasteiger partial charge on any atom is -0.339 e. The number of nitrogens with zero attached hydrogens (tertiary/aromatic N) is 2. The number of carbonyl (C=O) groups is 1. The number of aromatic nitrogens is 1. The van der Waals surface area contributed by atoms with Gasteiger partial charge in [0.1, 0.15) is 0 Å². The maximum absolute atomic E-state index is 13.5. The van der Waals surface area contributed by atoms with E-state index in [4.69, 9.17) is 4.98 Å².